The van der Waals surface area contributed by atoms with E-state index >= 15 is 0 Å². The maximum absolute atomic E-state index is 11.8. The molecule has 4 heteroatoms. The van der Waals surface area contributed by atoms with Crippen molar-refractivity contribution in [2.24, 2.45) is 5.16 Å². The standard InChI is InChI=1S/C11H14FNO2/c1-9(13-14)8-10-2-4-11(5-3-10)15-7-6-12/h2-5,14H,6-8H2,1H3/b13-9-. The molecular formula is C11H14FNO2. The number of benzene rings is 1. The van der Waals surface area contributed by atoms with Gasteiger partial charge in [0, 0.05) is 6.42 Å². The van der Waals surface area contributed by atoms with Crippen LogP contribution in [0.25, 0.3) is 0 Å². The van der Waals surface area contributed by atoms with E-state index in [2.05, 4.69) is 5.16 Å². The summed E-state index contributed by atoms with van der Waals surface area (Å²) in [5, 5.41) is 11.6. The maximum Gasteiger partial charge on any atom is 0.123 e. The van der Waals surface area contributed by atoms with Gasteiger partial charge in [-0.05, 0) is 24.6 Å². The number of alkyl halides is 1. The first-order chi connectivity index (χ1) is 7.26. The van der Waals surface area contributed by atoms with Crippen LogP contribution in [0.5, 0.6) is 5.75 Å². The third-order valence-corrected chi connectivity index (χ3v) is 1.90. The monoisotopic (exact) mass is 211 g/mol. The van der Waals surface area contributed by atoms with Crippen molar-refractivity contribution in [3.8, 4) is 5.75 Å². The second kappa shape index (κ2) is 6.01. The van der Waals surface area contributed by atoms with E-state index < -0.39 is 6.67 Å². The zero-order chi connectivity index (χ0) is 11.1. The summed E-state index contributed by atoms with van der Waals surface area (Å²) >= 11 is 0. The number of halogens is 1. The van der Waals surface area contributed by atoms with Crippen molar-refractivity contribution in [1.82, 2.24) is 0 Å². The first kappa shape index (κ1) is 11.5. The van der Waals surface area contributed by atoms with Crippen molar-refractivity contribution >= 4 is 5.71 Å². The number of oxime groups is 1. The fourth-order valence-corrected chi connectivity index (χ4v) is 1.19. The summed E-state index contributed by atoms with van der Waals surface area (Å²) in [5.41, 5.74) is 1.67. The Morgan fingerprint density at radius 3 is 2.60 bits per heavy atom. The lowest BCUT2D eigenvalue weighted by Gasteiger charge is -2.04. The van der Waals surface area contributed by atoms with Gasteiger partial charge in [-0.25, -0.2) is 4.39 Å². The van der Waals surface area contributed by atoms with Gasteiger partial charge in [-0.15, -0.1) is 0 Å². The molecule has 0 heterocycles. The Hall–Kier alpha value is -1.58. The van der Waals surface area contributed by atoms with Gasteiger partial charge in [0.05, 0.1) is 5.71 Å². The highest BCUT2D eigenvalue weighted by atomic mass is 19.1. The molecule has 0 amide bonds. The Morgan fingerprint density at radius 2 is 2.07 bits per heavy atom. The molecule has 0 spiro atoms. The molecule has 0 aliphatic carbocycles. The van der Waals surface area contributed by atoms with Crippen LogP contribution < -0.4 is 4.74 Å². The molecule has 0 aliphatic heterocycles. The van der Waals surface area contributed by atoms with Crippen LogP contribution >= 0.6 is 0 Å². The minimum absolute atomic E-state index is 0.0798. The number of ether oxygens (including phenoxy) is 1. The van der Waals surface area contributed by atoms with Crippen molar-refractivity contribution in [3.63, 3.8) is 0 Å². The van der Waals surface area contributed by atoms with Crippen LogP contribution in [0.4, 0.5) is 4.39 Å². The van der Waals surface area contributed by atoms with Crippen molar-refractivity contribution < 1.29 is 14.3 Å². The minimum atomic E-state index is -0.488. The van der Waals surface area contributed by atoms with Gasteiger partial charge in [0.1, 0.15) is 19.0 Å². The van der Waals surface area contributed by atoms with Crippen LogP contribution in [0.3, 0.4) is 0 Å². The molecule has 1 N–H and O–H groups in total. The summed E-state index contributed by atoms with van der Waals surface area (Å²) in [4.78, 5) is 0. The third kappa shape index (κ3) is 3.97. The summed E-state index contributed by atoms with van der Waals surface area (Å²) in [5.74, 6) is 0.648. The van der Waals surface area contributed by atoms with Gasteiger partial charge in [0.15, 0.2) is 0 Å². The predicted octanol–water partition coefficient (Wildman–Crippen LogP) is 2.43. The first-order valence-corrected chi connectivity index (χ1v) is 4.71. The van der Waals surface area contributed by atoms with Gasteiger partial charge in [0.2, 0.25) is 0 Å². The molecule has 82 valence electrons. The predicted molar refractivity (Wildman–Crippen MR) is 56.5 cm³/mol. The lowest BCUT2D eigenvalue weighted by molar-refractivity contribution is 0.273. The molecule has 0 saturated carbocycles. The molecule has 0 saturated heterocycles. The minimum Gasteiger partial charge on any atom is -0.491 e. The fraction of sp³-hybridized carbons (Fsp3) is 0.364. The summed E-state index contributed by atoms with van der Waals surface area (Å²) in [6.07, 6.45) is 0.597. The van der Waals surface area contributed by atoms with Gasteiger partial charge in [-0.2, -0.15) is 0 Å². The number of nitrogens with zero attached hydrogens (tertiary/aromatic N) is 1. The second-order valence-electron chi connectivity index (χ2n) is 3.19. The molecule has 1 aromatic carbocycles. The van der Waals surface area contributed by atoms with Crippen LogP contribution in [-0.2, 0) is 6.42 Å². The average molecular weight is 211 g/mol. The van der Waals surface area contributed by atoms with Crippen LogP contribution in [0, 0.1) is 0 Å². The molecule has 0 aliphatic rings. The van der Waals surface area contributed by atoms with E-state index in [4.69, 9.17) is 9.94 Å². The highest BCUT2D eigenvalue weighted by molar-refractivity contribution is 5.83. The summed E-state index contributed by atoms with van der Waals surface area (Å²) in [6, 6.07) is 7.27. The lowest BCUT2D eigenvalue weighted by atomic mass is 10.1. The van der Waals surface area contributed by atoms with Crippen LogP contribution in [0.2, 0.25) is 0 Å². The highest BCUT2D eigenvalue weighted by Gasteiger charge is 1.98. The molecule has 1 aromatic rings. The van der Waals surface area contributed by atoms with E-state index in [1.54, 1.807) is 19.1 Å². The van der Waals surface area contributed by atoms with E-state index in [-0.39, 0.29) is 6.61 Å². The molecular weight excluding hydrogens is 197 g/mol. The molecule has 0 radical (unpaired) electrons. The largest absolute Gasteiger partial charge is 0.491 e. The van der Waals surface area contributed by atoms with Crippen LogP contribution in [0.15, 0.2) is 29.4 Å². The fourth-order valence-electron chi connectivity index (χ4n) is 1.19. The average Bonchev–Trinajstić information content (AvgIpc) is 2.28. The van der Waals surface area contributed by atoms with E-state index in [1.165, 1.54) is 0 Å². The Morgan fingerprint density at radius 1 is 1.40 bits per heavy atom. The number of hydrogen-bond acceptors (Lipinski definition) is 3. The van der Waals surface area contributed by atoms with E-state index in [0.29, 0.717) is 17.9 Å². The number of hydrogen-bond donors (Lipinski definition) is 1. The quantitative estimate of drug-likeness (QED) is 0.461. The molecule has 15 heavy (non-hydrogen) atoms. The third-order valence-electron chi connectivity index (χ3n) is 1.90. The SMILES string of the molecule is C/C(Cc1ccc(OCCF)cc1)=N/O. The molecule has 1 rings (SSSR count). The van der Waals surface area contributed by atoms with Gasteiger partial charge in [-0.1, -0.05) is 17.3 Å². The lowest BCUT2D eigenvalue weighted by Crippen LogP contribution is -2.00. The van der Waals surface area contributed by atoms with Crippen molar-refractivity contribution in [2.45, 2.75) is 13.3 Å². The van der Waals surface area contributed by atoms with Gasteiger partial charge >= 0.3 is 0 Å². The maximum atomic E-state index is 11.8. The Balaban J connectivity index is 2.56. The first-order valence-electron chi connectivity index (χ1n) is 4.71. The topological polar surface area (TPSA) is 41.8 Å². The van der Waals surface area contributed by atoms with Crippen molar-refractivity contribution in [3.05, 3.63) is 29.8 Å². The number of rotatable bonds is 5. The van der Waals surface area contributed by atoms with Gasteiger partial charge in [-0.3, -0.25) is 0 Å². The van der Waals surface area contributed by atoms with Crippen molar-refractivity contribution in [1.29, 1.82) is 0 Å². The zero-order valence-corrected chi connectivity index (χ0v) is 8.61. The van der Waals surface area contributed by atoms with E-state index in [0.717, 1.165) is 5.56 Å². The summed E-state index contributed by atoms with van der Waals surface area (Å²) in [6.45, 7) is 1.34. The molecule has 0 unspecified atom stereocenters. The summed E-state index contributed by atoms with van der Waals surface area (Å²) in [7, 11) is 0. The van der Waals surface area contributed by atoms with E-state index in [1.807, 2.05) is 12.1 Å². The second-order valence-corrected chi connectivity index (χ2v) is 3.19. The molecule has 0 atom stereocenters. The zero-order valence-electron chi connectivity index (χ0n) is 8.61. The highest BCUT2D eigenvalue weighted by Crippen LogP contribution is 2.12. The molecule has 3 nitrogen and oxygen atoms in total. The normalized spacial score (nSPS) is 11.5. The van der Waals surface area contributed by atoms with Gasteiger partial charge in [0.25, 0.3) is 0 Å². The molecule has 0 fully saturated rings. The van der Waals surface area contributed by atoms with Crippen molar-refractivity contribution in [2.75, 3.05) is 13.3 Å². The van der Waals surface area contributed by atoms with E-state index in [9.17, 15) is 4.39 Å². The molecule has 0 aromatic heterocycles. The van der Waals surface area contributed by atoms with Crippen LogP contribution in [-0.4, -0.2) is 24.2 Å². The molecule has 0 bridgehead atoms. The Labute approximate surface area is 88.2 Å². The Bertz CT molecular complexity index is 322. The van der Waals surface area contributed by atoms with Gasteiger partial charge < -0.3 is 9.94 Å². The van der Waals surface area contributed by atoms with Crippen LogP contribution in [0.1, 0.15) is 12.5 Å². The Kier molecular flexibility index (Phi) is 4.60. The summed E-state index contributed by atoms with van der Waals surface area (Å²) < 4.78 is 16.9. The smallest absolute Gasteiger partial charge is 0.123 e.